The Kier molecular flexibility index (Phi) is 5.41. The number of hydrogen-bond donors (Lipinski definition) is 1. The lowest BCUT2D eigenvalue weighted by Gasteiger charge is -2.41. The Morgan fingerprint density at radius 2 is 2.32 bits per heavy atom. The molecule has 1 N–H and O–H groups in total. The second kappa shape index (κ2) is 8.28. The summed E-state index contributed by atoms with van der Waals surface area (Å²) in [5.74, 6) is 2.80. The van der Waals surface area contributed by atoms with Crippen molar-refractivity contribution in [3.05, 3.63) is 42.9 Å². The molecule has 0 radical (unpaired) electrons. The fourth-order valence-corrected chi connectivity index (χ4v) is 3.57. The fourth-order valence-electron chi connectivity index (χ4n) is 3.57. The number of fused-ring (bicyclic) bond motifs is 1. The molecule has 1 aliphatic heterocycles. The first kappa shape index (κ1) is 18.3. The van der Waals surface area contributed by atoms with Gasteiger partial charge < -0.3 is 19.5 Å². The Bertz CT molecular complexity index is 919. The molecule has 1 atom stereocenters. The molecule has 148 valence electrons. The molecule has 0 spiro atoms. The van der Waals surface area contributed by atoms with E-state index in [1.807, 2.05) is 22.7 Å². The fraction of sp³-hybridized carbons (Fsp3) is 0.474. The molecule has 1 fully saturated rings. The molecule has 9 heteroatoms. The van der Waals surface area contributed by atoms with Gasteiger partial charge in [-0.25, -0.2) is 4.98 Å². The van der Waals surface area contributed by atoms with Gasteiger partial charge in [-0.3, -0.25) is 9.39 Å². The lowest BCUT2D eigenvalue weighted by atomic mass is 10.2. The molecular formula is C19H26N8O. The third-order valence-corrected chi connectivity index (χ3v) is 4.93. The zero-order valence-electron chi connectivity index (χ0n) is 16.3. The van der Waals surface area contributed by atoms with Gasteiger partial charge in [-0.05, 0) is 26.0 Å². The third kappa shape index (κ3) is 3.78. The molecule has 9 nitrogen and oxygen atoms in total. The maximum absolute atomic E-state index is 5.40. The number of furan rings is 1. The normalized spacial score (nSPS) is 18.1. The second-order valence-corrected chi connectivity index (χ2v) is 6.87. The molecule has 1 aliphatic rings. The largest absolute Gasteiger partial charge is 0.469 e. The molecule has 0 aromatic carbocycles. The van der Waals surface area contributed by atoms with E-state index in [0.29, 0.717) is 6.54 Å². The van der Waals surface area contributed by atoms with Crippen LogP contribution in [0.2, 0.25) is 0 Å². The first-order valence-electron chi connectivity index (χ1n) is 9.73. The second-order valence-electron chi connectivity index (χ2n) is 6.87. The molecule has 4 heterocycles. The van der Waals surface area contributed by atoms with Crippen LogP contribution in [0.3, 0.4) is 0 Å². The van der Waals surface area contributed by atoms with E-state index < -0.39 is 0 Å². The number of guanidine groups is 1. The minimum absolute atomic E-state index is 0.276. The van der Waals surface area contributed by atoms with Crippen molar-refractivity contribution >= 4 is 17.4 Å². The molecule has 4 rings (SSSR count). The van der Waals surface area contributed by atoms with Gasteiger partial charge in [0, 0.05) is 57.6 Å². The Labute approximate surface area is 164 Å². The average Bonchev–Trinajstić information content (AvgIpc) is 3.39. The number of piperazine rings is 1. The van der Waals surface area contributed by atoms with Gasteiger partial charge in [0.2, 0.25) is 5.65 Å². The van der Waals surface area contributed by atoms with E-state index >= 15 is 0 Å². The predicted molar refractivity (Wildman–Crippen MR) is 108 cm³/mol. The van der Waals surface area contributed by atoms with Crippen LogP contribution in [0, 0.1) is 0 Å². The predicted octanol–water partition coefficient (Wildman–Crippen LogP) is 1.44. The molecule has 3 aromatic rings. The molecule has 1 unspecified atom stereocenters. The van der Waals surface area contributed by atoms with Gasteiger partial charge in [0.05, 0.1) is 6.26 Å². The summed E-state index contributed by atoms with van der Waals surface area (Å²) < 4.78 is 7.30. The number of aliphatic imine (C=N–C) groups is 1. The van der Waals surface area contributed by atoms with Crippen LogP contribution >= 0.6 is 0 Å². The maximum atomic E-state index is 5.40. The van der Waals surface area contributed by atoms with Crippen LogP contribution < -0.4 is 10.2 Å². The summed E-state index contributed by atoms with van der Waals surface area (Å²) in [6.07, 6.45) is 7.88. The number of aromatic nitrogens is 4. The minimum Gasteiger partial charge on any atom is -0.469 e. The Balaban J connectivity index is 1.44. The SMILES string of the molecule is CCNC(=NCCc1ccco1)N1CCN(c2nccn3cnnc23)C(C)C1. The van der Waals surface area contributed by atoms with Crippen molar-refractivity contribution in [3.8, 4) is 0 Å². The number of nitrogens with zero attached hydrogens (tertiary/aromatic N) is 7. The topological polar surface area (TPSA) is 87.1 Å². The maximum Gasteiger partial charge on any atom is 0.203 e. The lowest BCUT2D eigenvalue weighted by Crippen LogP contribution is -2.56. The number of hydrogen-bond acceptors (Lipinski definition) is 6. The standard InChI is InChI=1S/C19H26N8O/c1-3-20-19(22-7-6-16-5-4-12-28-16)25-10-11-27(15(2)13-25)17-18-24-23-14-26(18)9-8-21-17/h4-5,8-9,12,14-15H,3,6-7,10-11,13H2,1-2H3,(H,20,22). The van der Waals surface area contributed by atoms with E-state index in [0.717, 1.165) is 55.8 Å². The number of rotatable bonds is 5. The first-order chi connectivity index (χ1) is 13.8. The zero-order valence-corrected chi connectivity index (χ0v) is 16.3. The first-order valence-corrected chi connectivity index (χ1v) is 9.73. The van der Waals surface area contributed by atoms with Gasteiger partial charge in [-0.1, -0.05) is 0 Å². The summed E-state index contributed by atoms with van der Waals surface area (Å²) in [4.78, 5) is 14.0. The van der Waals surface area contributed by atoms with E-state index in [-0.39, 0.29) is 6.04 Å². The Morgan fingerprint density at radius 1 is 1.39 bits per heavy atom. The van der Waals surface area contributed by atoms with Crippen LogP contribution in [0.15, 0.2) is 46.5 Å². The molecule has 3 aromatic heterocycles. The van der Waals surface area contributed by atoms with Crippen molar-refractivity contribution in [3.63, 3.8) is 0 Å². The molecule has 0 aliphatic carbocycles. The molecule has 28 heavy (non-hydrogen) atoms. The van der Waals surface area contributed by atoms with Crippen LogP contribution in [-0.2, 0) is 6.42 Å². The summed E-state index contributed by atoms with van der Waals surface area (Å²) >= 11 is 0. The highest BCUT2D eigenvalue weighted by molar-refractivity contribution is 5.80. The summed E-state index contributed by atoms with van der Waals surface area (Å²) in [5, 5.41) is 11.6. The highest BCUT2D eigenvalue weighted by Crippen LogP contribution is 2.21. The van der Waals surface area contributed by atoms with Crippen LogP contribution in [0.25, 0.3) is 5.65 Å². The van der Waals surface area contributed by atoms with E-state index in [1.165, 1.54) is 0 Å². The summed E-state index contributed by atoms with van der Waals surface area (Å²) in [5.41, 5.74) is 0.793. The van der Waals surface area contributed by atoms with Crippen LogP contribution in [0.1, 0.15) is 19.6 Å². The monoisotopic (exact) mass is 382 g/mol. The molecule has 0 saturated carbocycles. The number of anilines is 1. The van der Waals surface area contributed by atoms with Crippen LogP contribution in [-0.4, -0.2) is 69.2 Å². The van der Waals surface area contributed by atoms with E-state index in [2.05, 4.69) is 44.1 Å². The van der Waals surface area contributed by atoms with Crippen molar-refractivity contribution in [2.45, 2.75) is 26.3 Å². The van der Waals surface area contributed by atoms with Crippen molar-refractivity contribution in [1.29, 1.82) is 0 Å². The van der Waals surface area contributed by atoms with Crippen LogP contribution in [0.4, 0.5) is 5.82 Å². The van der Waals surface area contributed by atoms with Gasteiger partial charge in [0.15, 0.2) is 11.8 Å². The van der Waals surface area contributed by atoms with Gasteiger partial charge >= 0.3 is 0 Å². The minimum atomic E-state index is 0.276. The molecule has 0 bridgehead atoms. The highest BCUT2D eigenvalue weighted by atomic mass is 16.3. The van der Waals surface area contributed by atoms with Gasteiger partial charge in [0.25, 0.3) is 0 Å². The summed E-state index contributed by atoms with van der Waals surface area (Å²) in [7, 11) is 0. The third-order valence-electron chi connectivity index (χ3n) is 4.93. The van der Waals surface area contributed by atoms with Crippen molar-refractivity contribution < 1.29 is 4.42 Å². The van der Waals surface area contributed by atoms with Crippen molar-refractivity contribution in [1.82, 2.24) is 29.8 Å². The van der Waals surface area contributed by atoms with Gasteiger partial charge in [-0.2, -0.15) is 0 Å². The van der Waals surface area contributed by atoms with Gasteiger partial charge in [0.1, 0.15) is 12.1 Å². The van der Waals surface area contributed by atoms with Gasteiger partial charge in [-0.15, -0.1) is 10.2 Å². The Morgan fingerprint density at radius 3 is 3.11 bits per heavy atom. The summed E-state index contributed by atoms with van der Waals surface area (Å²) in [6.45, 7) is 8.43. The van der Waals surface area contributed by atoms with E-state index in [9.17, 15) is 0 Å². The van der Waals surface area contributed by atoms with Crippen LogP contribution in [0.5, 0.6) is 0 Å². The molecule has 1 saturated heterocycles. The highest BCUT2D eigenvalue weighted by Gasteiger charge is 2.28. The van der Waals surface area contributed by atoms with Crippen molar-refractivity contribution in [2.24, 2.45) is 4.99 Å². The smallest absolute Gasteiger partial charge is 0.203 e. The summed E-state index contributed by atoms with van der Waals surface area (Å²) in [6, 6.07) is 4.18. The average molecular weight is 382 g/mol. The zero-order chi connectivity index (χ0) is 19.3. The number of nitrogens with one attached hydrogen (secondary N) is 1. The molecule has 0 amide bonds. The lowest BCUT2D eigenvalue weighted by molar-refractivity contribution is 0.327. The Hall–Kier alpha value is -3.10. The molecular weight excluding hydrogens is 356 g/mol. The van der Waals surface area contributed by atoms with E-state index in [4.69, 9.17) is 9.41 Å². The van der Waals surface area contributed by atoms with E-state index in [1.54, 1.807) is 18.8 Å². The van der Waals surface area contributed by atoms with Crippen molar-refractivity contribution in [2.75, 3.05) is 37.6 Å². The quantitative estimate of drug-likeness (QED) is 0.528.